The molecular weight excluding hydrogens is 216 g/mol. The summed E-state index contributed by atoms with van der Waals surface area (Å²) in [5, 5.41) is 12.5. The van der Waals surface area contributed by atoms with Crippen LogP contribution in [0.15, 0.2) is 18.2 Å². The Kier molecular flexibility index (Phi) is 3.64. The molecule has 0 radical (unpaired) electrons. The SMILES string of the molecule is CNCC(=O)c1cc(N2CCCC2)ccc1O. The van der Waals surface area contributed by atoms with Crippen LogP contribution in [0.25, 0.3) is 0 Å². The molecule has 1 aliphatic rings. The van der Waals surface area contributed by atoms with Crippen LogP contribution in [0.2, 0.25) is 0 Å². The van der Waals surface area contributed by atoms with Gasteiger partial charge in [-0.2, -0.15) is 0 Å². The molecule has 0 saturated carbocycles. The molecule has 1 aliphatic heterocycles. The number of aromatic hydroxyl groups is 1. The van der Waals surface area contributed by atoms with Crippen molar-refractivity contribution in [2.75, 3.05) is 31.6 Å². The predicted octanol–water partition coefficient (Wildman–Crippen LogP) is 1.39. The molecule has 1 aromatic carbocycles. The number of carbonyl (C=O) groups excluding carboxylic acids is 1. The van der Waals surface area contributed by atoms with Gasteiger partial charge in [0.25, 0.3) is 0 Å². The maximum atomic E-state index is 11.8. The summed E-state index contributed by atoms with van der Waals surface area (Å²) in [7, 11) is 1.72. The van der Waals surface area contributed by atoms with E-state index in [2.05, 4.69) is 10.2 Å². The van der Waals surface area contributed by atoms with E-state index in [9.17, 15) is 9.90 Å². The Morgan fingerprint density at radius 2 is 2.12 bits per heavy atom. The third-order valence-corrected chi connectivity index (χ3v) is 3.09. The van der Waals surface area contributed by atoms with Crippen LogP contribution in [0, 0.1) is 0 Å². The zero-order valence-electron chi connectivity index (χ0n) is 10.1. The van der Waals surface area contributed by atoms with Crippen LogP contribution in [0.3, 0.4) is 0 Å². The van der Waals surface area contributed by atoms with Crippen LogP contribution >= 0.6 is 0 Å². The fourth-order valence-electron chi connectivity index (χ4n) is 2.18. The molecule has 1 fully saturated rings. The Balaban J connectivity index is 2.25. The van der Waals surface area contributed by atoms with Crippen molar-refractivity contribution in [2.45, 2.75) is 12.8 Å². The normalized spacial score (nSPS) is 15.2. The molecule has 0 bridgehead atoms. The lowest BCUT2D eigenvalue weighted by Gasteiger charge is -2.18. The summed E-state index contributed by atoms with van der Waals surface area (Å²) in [5.74, 6) is -0.0146. The van der Waals surface area contributed by atoms with Crippen molar-refractivity contribution in [1.29, 1.82) is 0 Å². The van der Waals surface area contributed by atoms with E-state index in [-0.39, 0.29) is 18.1 Å². The lowest BCUT2D eigenvalue weighted by molar-refractivity contribution is 0.0991. The molecule has 4 nitrogen and oxygen atoms in total. The van der Waals surface area contributed by atoms with E-state index in [1.165, 1.54) is 12.8 Å². The van der Waals surface area contributed by atoms with Crippen LogP contribution in [-0.4, -0.2) is 37.6 Å². The van der Waals surface area contributed by atoms with E-state index in [4.69, 9.17) is 0 Å². The van der Waals surface area contributed by atoms with Gasteiger partial charge in [-0.15, -0.1) is 0 Å². The number of nitrogens with one attached hydrogen (secondary N) is 1. The average Bonchev–Trinajstić information content (AvgIpc) is 2.83. The lowest BCUT2D eigenvalue weighted by atomic mass is 10.1. The molecule has 0 unspecified atom stereocenters. The first kappa shape index (κ1) is 11.9. The molecule has 1 aromatic rings. The van der Waals surface area contributed by atoms with Crippen LogP contribution in [0.4, 0.5) is 5.69 Å². The number of phenols is 1. The summed E-state index contributed by atoms with van der Waals surface area (Å²) in [6.07, 6.45) is 2.39. The van der Waals surface area contributed by atoms with E-state index < -0.39 is 0 Å². The first-order chi connectivity index (χ1) is 8.22. The summed E-state index contributed by atoms with van der Waals surface area (Å²) in [4.78, 5) is 14.0. The van der Waals surface area contributed by atoms with Crippen molar-refractivity contribution in [3.05, 3.63) is 23.8 Å². The fourth-order valence-corrected chi connectivity index (χ4v) is 2.18. The number of hydrogen-bond acceptors (Lipinski definition) is 4. The van der Waals surface area contributed by atoms with Crippen molar-refractivity contribution >= 4 is 11.5 Å². The highest BCUT2D eigenvalue weighted by molar-refractivity contribution is 6.00. The number of anilines is 1. The monoisotopic (exact) mass is 234 g/mol. The fraction of sp³-hybridized carbons (Fsp3) is 0.462. The molecule has 0 amide bonds. The summed E-state index contributed by atoms with van der Waals surface area (Å²) in [5.41, 5.74) is 1.43. The Labute approximate surface area is 101 Å². The first-order valence-corrected chi connectivity index (χ1v) is 5.98. The molecule has 4 heteroatoms. The maximum Gasteiger partial charge on any atom is 0.180 e. The van der Waals surface area contributed by atoms with Gasteiger partial charge in [-0.25, -0.2) is 0 Å². The number of likely N-dealkylation sites (N-methyl/N-ethyl adjacent to an activating group) is 1. The predicted molar refractivity (Wildman–Crippen MR) is 67.8 cm³/mol. The summed E-state index contributed by atoms with van der Waals surface area (Å²) < 4.78 is 0. The van der Waals surface area contributed by atoms with Gasteiger partial charge in [-0.1, -0.05) is 0 Å². The van der Waals surface area contributed by atoms with Crippen LogP contribution < -0.4 is 10.2 Å². The topological polar surface area (TPSA) is 52.6 Å². The van der Waals surface area contributed by atoms with Crippen molar-refractivity contribution in [3.63, 3.8) is 0 Å². The minimum atomic E-state index is -0.0777. The molecule has 1 heterocycles. The molecule has 92 valence electrons. The standard InChI is InChI=1S/C13H18N2O2/c1-14-9-13(17)11-8-10(4-5-12(11)16)15-6-2-3-7-15/h4-5,8,14,16H,2-3,6-7,9H2,1H3. The second-order valence-electron chi connectivity index (χ2n) is 4.35. The summed E-state index contributed by atoms with van der Waals surface area (Å²) in [6.45, 7) is 2.31. The summed E-state index contributed by atoms with van der Waals surface area (Å²) in [6, 6.07) is 5.27. The van der Waals surface area contributed by atoms with E-state index >= 15 is 0 Å². The number of nitrogens with zero attached hydrogens (tertiary/aromatic N) is 1. The third-order valence-electron chi connectivity index (χ3n) is 3.09. The van der Waals surface area contributed by atoms with Crippen molar-refractivity contribution in [3.8, 4) is 5.75 Å². The number of rotatable bonds is 4. The van der Waals surface area contributed by atoms with Crippen molar-refractivity contribution < 1.29 is 9.90 Å². The van der Waals surface area contributed by atoms with Gasteiger partial charge in [0.15, 0.2) is 5.78 Å². The van der Waals surface area contributed by atoms with Gasteiger partial charge in [0.1, 0.15) is 5.75 Å². The molecule has 0 atom stereocenters. The number of Topliss-reactive ketones (excluding diaryl/α,β-unsaturated/α-hetero) is 1. The average molecular weight is 234 g/mol. The zero-order chi connectivity index (χ0) is 12.3. The van der Waals surface area contributed by atoms with Gasteiger partial charge >= 0.3 is 0 Å². The molecule has 2 N–H and O–H groups in total. The number of hydrogen-bond donors (Lipinski definition) is 2. The Bertz CT molecular complexity index is 412. The minimum absolute atomic E-state index is 0.0631. The van der Waals surface area contributed by atoms with Crippen LogP contribution in [0.5, 0.6) is 5.75 Å². The molecule has 1 saturated heterocycles. The van der Waals surface area contributed by atoms with E-state index in [1.807, 2.05) is 6.07 Å². The highest BCUT2D eigenvalue weighted by Crippen LogP contribution is 2.26. The molecular formula is C13H18N2O2. The van der Waals surface area contributed by atoms with E-state index in [0.29, 0.717) is 5.56 Å². The number of ketones is 1. The van der Waals surface area contributed by atoms with Gasteiger partial charge in [0.2, 0.25) is 0 Å². The maximum absolute atomic E-state index is 11.8. The largest absolute Gasteiger partial charge is 0.507 e. The first-order valence-electron chi connectivity index (χ1n) is 5.98. The van der Waals surface area contributed by atoms with Crippen LogP contribution in [0.1, 0.15) is 23.2 Å². The number of phenolic OH excluding ortho intramolecular Hbond substituents is 1. The van der Waals surface area contributed by atoms with Gasteiger partial charge < -0.3 is 15.3 Å². The number of benzene rings is 1. The van der Waals surface area contributed by atoms with Gasteiger partial charge in [0.05, 0.1) is 12.1 Å². The molecule has 0 aromatic heterocycles. The minimum Gasteiger partial charge on any atom is -0.507 e. The molecule has 17 heavy (non-hydrogen) atoms. The Hall–Kier alpha value is -1.55. The second-order valence-corrected chi connectivity index (χ2v) is 4.35. The van der Waals surface area contributed by atoms with Crippen LogP contribution in [-0.2, 0) is 0 Å². The van der Waals surface area contributed by atoms with Gasteiger partial charge in [-0.05, 0) is 38.1 Å². The summed E-state index contributed by atoms with van der Waals surface area (Å²) >= 11 is 0. The number of carbonyl (C=O) groups is 1. The molecule has 2 rings (SSSR count). The lowest BCUT2D eigenvalue weighted by Crippen LogP contribution is -2.20. The van der Waals surface area contributed by atoms with E-state index in [1.54, 1.807) is 19.2 Å². The molecule has 0 aliphatic carbocycles. The van der Waals surface area contributed by atoms with Crippen molar-refractivity contribution in [1.82, 2.24) is 5.32 Å². The Morgan fingerprint density at radius 1 is 1.41 bits per heavy atom. The van der Waals surface area contributed by atoms with E-state index in [0.717, 1.165) is 18.8 Å². The molecule has 0 spiro atoms. The second kappa shape index (κ2) is 5.19. The van der Waals surface area contributed by atoms with Crippen molar-refractivity contribution in [2.24, 2.45) is 0 Å². The van der Waals surface area contributed by atoms with Gasteiger partial charge in [0, 0.05) is 18.8 Å². The quantitative estimate of drug-likeness (QED) is 0.773. The highest BCUT2D eigenvalue weighted by atomic mass is 16.3. The van der Waals surface area contributed by atoms with Gasteiger partial charge in [-0.3, -0.25) is 4.79 Å². The highest BCUT2D eigenvalue weighted by Gasteiger charge is 2.16. The zero-order valence-corrected chi connectivity index (χ0v) is 10.1. The smallest absolute Gasteiger partial charge is 0.180 e. The third kappa shape index (κ3) is 2.58. The Morgan fingerprint density at radius 3 is 2.76 bits per heavy atom.